The second-order valence-electron chi connectivity index (χ2n) is 3.65. The molecule has 2 aromatic rings. The van der Waals surface area contributed by atoms with Crippen LogP contribution in [-0.2, 0) is 0 Å². The number of ether oxygens (including phenoxy) is 2. The molecule has 2 aromatic carbocycles. The predicted molar refractivity (Wildman–Crippen MR) is 66.9 cm³/mol. The van der Waals surface area contributed by atoms with Gasteiger partial charge in [0.05, 0.1) is 14.2 Å². The summed E-state index contributed by atoms with van der Waals surface area (Å²) >= 11 is 0. The minimum Gasteiger partial charge on any atom is -0.497 e. The van der Waals surface area contributed by atoms with Crippen molar-refractivity contribution in [2.45, 2.75) is 0 Å². The molecule has 0 heterocycles. The van der Waals surface area contributed by atoms with Gasteiger partial charge in [0, 0.05) is 10.8 Å². The summed E-state index contributed by atoms with van der Waals surface area (Å²) in [5.41, 5.74) is 0.324. The van der Waals surface area contributed by atoms with Crippen LogP contribution in [0.25, 0.3) is 10.8 Å². The smallest absolute Gasteiger partial charge is 0.492 e. The van der Waals surface area contributed by atoms with Crippen molar-refractivity contribution in [1.82, 2.24) is 0 Å². The van der Waals surface area contributed by atoms with E-state index in [1.165, 1.54) is 7.11 Å². The van der Waals surface area contributed by atoms with E-state index in [1.54, 1.807) is 19.2 Å². The molecule has 88 valence electrons. The van der Waals surface area contributed by atoms with E-state index in [0.717, 1.165) is 10.8 Å². The quantitative estimate of drug-likeness (QED) is 0.758. The molecule has 2 rings (SSSR count). The van der Waals surface area contributed by atoms with Crippen molar-refractivity contribution in [3.05, 3.63) is 30.3 Å². The Labute approximate surface area is 99.6 Å². The minimum atomic E-state index is -1.57. The lowest BCUT2D eigenvalue weighted by molar-refractivity contribution is 0.403. The molecular formula is C12H13BO4. The van der Waals surface area contributed by atoms with Gasteiger partial charge >= 0.3 is 7.12 Å². The zero-order valence-electron chi connectivity index (χ0n) is 9.68. The molecule has 0 amide bonds. The topological polar surface area (TPSA) is 58.9 Å². The Kier molecular flexibility index (Phi) is 3.22. The van der Waals surface area contributed by atoms with Gasteiger partial charge in [-0.25, -0.2) is 0 Å². The van der Waals surface area contributed by atoms with Gasteiger partial charge < -0.3 is 19.5 Å². The average molecular weight is 232 g/mol. The number of methoxy groups -OCH3 is 2. The van der Waals surface area contributed by atoms with Crippen LogP contribution in [0.3, 0.4) is 0 Å². The first-order valence-corrected chi connectivity index (χ1v) is 5.18. The van der Waals surface area contributed by atoms with Crippen LogP contribution in [-0.4, -0.2) is 31.4 Å². The summed E-state index contributed by atoms with van der Waals surface area (Å²) in [6.07, 6.45) is 0. The Hall–Kier alpha value is -1.72. The van der Waals surface area contributed by atoms with Gasteiger partial charge in [0.15, 0.2) is 0 Å². The minimum absolute atomic E-state index is 0.324. The van der Waals surface area contributed by atoms with Gasteiger partial charge in [-0.15, -0.1) is 0 Å². The fraction of sp³-hybridized carbons (Fsp3) is 0.167. The largest absolute Gasteiger partial charge is 0.497 e. The number of hydrogen-bond donors (Lipinski definition) is 2. The van der Waals surface area contributed by atoms with Crippen LogP contribution in [0.1, 0.15) is 0 Å². The third-order valence-electron chi connectivity index (χ3n) is 2.69. The zero-order chi connectivity index (χ0) is 12.4. The van der Waals surface area contributed by atoms with Gasteiger partial charge in [-0.1, -0.05) is 12.1 Å². The number of benzene rings is 2. The Morgan fingerprint density at radius 3 is 2.29 bits per heavy atom. The van der Waals surface area contributed by atoms with Crippen LogP contribution in [0.2, 0.25) is 0 Å². The van der Waals surface area contributed by atoms with Gasteiger partial charge in [-0.2, -0.15) is 0 Å². The van der Waals surface area contributed by atoms with Gasteiger partial charge in [0.25, 0.3) is 0 Å². The van der Waals surface area contributed by atoms with Crippen molar-refractivity contribution in [1.29, 1.82) is 0 Å². The van der Waals surface area contributed by atoms with Gasteiger partial charge in [-0.3, -0.25) is 0 Å². The molecule has 0 aromatic heterocycles. The van der Waals surface area contributed by atoms with Crippen LogP contribution >= 0.6 is 0 Å². The zero-order valence-corrected chi connectivity index (χ0v) is 9.68. The Morgan fingerprint density at radius 2 is 1.71 bits per heavy atom. The highest BCUT2D eigenvalue weighted by Crippen LogP contribution is 2.27. The standard InChI is InChI=1S/C12H13BO4/c1-16-11-5-3-4-8-6-12(17-2)10(13(14)15)7-9(8)11/h3-7,14-15H,1-2H3. The van der Waals surface area contributed by atoms with E-state index in [0.29, 0.717) is 17.0 Å². The van der Waals surface area contributed by atoms with E-state index >= 15 is 0 Å². The van der Waals surface area contributed by atoms with Crippen LogP contribution in [0.5, 0.6) is 11.5 Å². The summed E-state index contributed by atoms with van der Waals surface area (Å²) in [7, 11) is 1.50. The maximum Gasteiger partial charge on any atom is 0.492 e. The predicted octanol–water partition coefficient (Wildman–Crippen LogP) is 0.537. The highest BCUT2D eigenvalue weighted by atomic mass is 16.5. The maximum absolute atomic E-state index is 9.29. The first-order chi connectivity index (χ1) is 8.17. The van der Waals surface area contributed by atoms with Gasteiger partial charge in [0.2, 0.25) is 0 Å². The normalized spacial score (nSPS) is 10.4. The fourth-order valence-corrected chi connectivity index (χ4v) is 1.85. The second kappa shape index (κ2) is 4.65. The van der Waals surface area contributed by atoms with E-state index in [1.807, 2.05) is 18.2 Å². The third-order valence-corrected chi connectivity index (χ3v) is 2.69. The highest BCUT2D eigenvalue weighted by Gasteiger charge is 2.18. The summed E-state index contributed by atoms with van der Waals surface area (Å²) in [6, 6.07) is 9.02. The SMILES string of the molecule is COc1cc2cccc(OC)c2cc1B(O)O. The molecule has 0 unspecified atom stereocenters. The molecular weight excluding hydrogens is 219 g/mol. The number of hydrogen-bond acceptors (Lipinski definition) is 4. The fourth-order valence-electron chi connectivity index (χ4n) is 1.85. The average Bonchev–Trinajstić information content (AvgIpc) is 2.36. The molecule has 2 N–H and O–H groups in total. The monoisotopic (exact) mass is 232 g/mol. The molecule has 17 heavy (non-hydrogen) atoms. The lowest BCUT2D eigenvalue weighted by Crippen LogP contribution is -2.31. The highest BCUT2D eigenvalue weighted by molar-refractivity contribution is 6.60. The molecule has 0 saturated carbocycles. The number of fused-ring (bicyclic) bond motifs is 1. The summed E-state index contributed by atoms with van der Waals surface area (Å²) in [5, 5.41) is 20.3. The number of rotatable bonds is 3. The van der Waals surface area contributed by atoms with Crippen molar-refractivity contribution < 1.29 is 19.5 Å². The lowest BCUT2D eigenvalue weighted by Gasteiger charge is -2.11. The molecule has 0 bridgehead atoms. The molecule has 0 radical (unpaired) electrons. The Morgan fingerprint density at radius 1 is 1.00 bits per heavy atom. The molecule has 0 saturated heterocycles. The van der Waals surface area contributed by atoms with Crippen LogP contribution in [0.4, 0.5) is 0 Å². The first-order valence-electron chi connectivity index (χ1n) is 5.18. The lowest BCUT2D eigenvalue weighted by atomic mass is 9.78. The summed E-state index contributed by atoms with van der Waals surface area (Å²) < 4.78 is 10.4. The molecule has 4 nitrogen and oxygen atoms in total. The molecule has 0 aliphatic carbocycles. The molecule has 5 heteroatoms. The third kappa shape index (κ3) is 2.07. The molecule has 0 fully saturated rings. The van der Waals surface area contributed by atoms with Crippen molar-refractivity contribution in [3.63, 3.8) is 0 Å². The van der Waals surface area contributed by atoms with Crippen molar-refractivity contribution >= 4 is 23.4 Å². The van der Waals surface area contributed by atoms with Gasteiger partial charge in [-0.05, 0) is 23.6 Å². The maximum atomic E-state index is 9.29. The van der Waals surface area contributed by atoms with Crippen LogP contribution in [0.15, 0.2) is 30.3 Å². The molecule has 0 atom stereocenters. The van der Waals surface area contributed by atoms with Crippen LogP contribution < -0.4 is 14.9 Å². The van der Waals surface area contributed by atoms with Gasteiger partial charge in [0.1, 0.15) is 11.5 Å². The summed E-state index contributed by atoms with van der Waals surface area (Å²) in [5.74, 6) is 1.13. The van der Waals surface area contributed by atoms with Crippen LogP contribution in [0, 0.1) is 0 Å². The van der Waals surface area contributed by atoms with E-state index in [2.05, 4.69) is 0 Å². The van der Waals surface area contributed by atoms with Crippen molar-refractivity contribution in [2.24, 2.45) is 0 Å². The Balaban J connectivity index is 2.74. The molecule has 0 spiro atoms. The van der Waals surface area contributed by atoms with E-state index in [-0.39, 0.29) is 0 Å². The van der Waals surface area contributed by atoms with E-state index in [4.69, 9.17) is 9.47 Å². The Bertz CT molecular complexity index is 539. The van der Waals surface area contributed by atoms with E-state index < -0.39 is 7.12 Å². The second-order valence-corrected chi connectivity index (χ2v) is 3.65. The van der Waals surface area contributed by atoms with Crippen molar-refractivity contribution in [2.75, 3.05) is 14.2 Å². The molecule has 0 aliphatic heterocycles. The first kappa shape index (κ1) is 11.8. The van der Waals surface area contributed by atoms with Crippen molar-refractivity contribution in [3.8, 4) is 11.5 Å². The summed E-state index contributed by atoms with van der Waals surface area (Å²) in [6.45, 7) is 0. The summed E-state index contributed by atoms with van der Waals surface area (Å²) in [4.78, 5) is 0. The molecule has 0 aliphatic rings. The van der Waals surface area contributed by atoms with E-state index in [9.17, 15) is 10.0 Å².